The molecule has 19 heavy (non-hydrogen) atoms. The van der Waals surface area contributed by atoms with Gasteiger partial charge in [0.05, 0.1) is 6.61 Å². The van der Waals surface area contributed by atoms with E-state index >= 15 is 0 Å². The maximum Gasteiger partial charge on any atom is 0.136 e. The third-order valence-electron chi connectivity index (χ3n) is 3.67. The summed E-state index contributed by atoms with van der Waals surface area (Å²) in [5, 5.41) is 11.7. The number of aliphatic hydroxyl groups is 1. The Hall–Kier alpha value is -1.26. The van der Waals surface area contributed by atoms with E-state index in [2.05, 4.69) is 28.9 Å². The number of nitrogens with zero attached hydrogens (tertiary/aromatic N) is 2. The number of hydrogen-bond donors (Lipinski definition) is 1. The van der Waals surface area contributed by atoms with Gasteiger partial charge in [0, 0.05) is 41.2 Å². The highest BCUT2D eigenvalue weighted by atomic mass is 32.2. The maximum absolute atomic E-state index is 9.43. The van der Waals surface area contributed by atoms with Gasteiger partial charge in [-0.3, -0.25) is 0 Å². The van der Waals surface area contributed by atoms with Crippen molar-refractivity contribution in [1.29, 1.82) is 0 Å². The molecule has 3 rings (SSSR count). The first-order valence-electron chi connectivity index (χ1n) is 6.63. The third-order valence-corrected chi connectivity index (χ3v) is 4.86. The molecule has 2 heterocycles. The zero-order valence-corrected chi connectivity index (χ0v) is 11.9. The highest BCUT2D eigenvalue weighted by Crippen LogP contribution is 2.30. The second kappa shape index (κ2) is 5.39. The average molecular weight is 274 g/mol. The molecule has 1 aliphatic heterocycles. The summed E-state index contributed by atoms with van der Waals surface area (Å²) in [7, 11) is 0. The van der Waals surface area contributed by atoms with Crippen LogP contribution < -0.4 is 4.90 Å². The number of aliphatic hydroxyl groups excluding tert-OH is 1. The number of rotatable bonds is 2. The van der Waals surface area contributed by atoms with E-state index in [1.54, 1.807) is 0 Å². The van der Waals surface area contributed by atoms with Crippen molar-refractivity contribution in [2.45, 2.75) is 19.6 Å². The van der Waals surface area contributed by atoms with Crippen LogP contribution in [0.3, 0.4) is 0 Å². The molecule has 4 heteroatoms. The van der Waals surface area contributed by atoms with E-state index in [1.165, 1.54) is 0 Å². The summed E-state index contributed by atoms with van der Waals surface area (Å²) in [5.74, 6) is 3.36. The van der Waals surface area contributed by atoms with E-state index in [0.29, 0.717) is 6.04 Å². The Bertz CT molecular complexity index is 587. The standard InChI is InChI=1S/C15H18N2OS/c1-11-10-19-7-6-17(11)15-14-5-3-2-4-13(14)12(9-18)8-16-15/h2-5,8,11,18H,6-7,9-10H2,1H3. The Labute approximate surface area is 117 Å². The average Bonchev–Trinajstić information content (AvgIpc) is 2.47. The maximum atomic E-state index is 9.43. The van der Waals surface area contributed by atoms with Gasteiger partial charge >= 0.3 is 0 Å². The van der Waals surface area contributed by atoms with Crippen LogP contribution in [0, 0.1) is 0 Å². The Morgan fingerprint density at radius 1 is 1.37 bits per heavy atom. The second-order valence-corrected chi connectivity index (χ2v) is 6.08. The molecule has 1 aromatic carbocycles. The molecule has 0 amide bonds. The number of hydrogen-bond acceptors (Lipinski definition) is 4. The minimum absolute atomic E-state index is 0.0409. The molecule has 0 spiro atoms. The summed E-state index contributed by atoms with van der Waals surface area (Å²) in [5.41, 5.74) is 0.901. The van der Waals surface area contributed by atoms with Gasteiger partial charge in [0.1, 0.15) is 5.82 Å². The predicted molar refractivity (Wildman–Crippen MR) is 81.8 cm³/mol. The van der Waals surface area contributed by atoms with Crippen LogP contribution in [0.5, 0.6) is 0 Å². The SMILES string of the molecule is CC1CSCCN1c1ncc(CO)c2ccccc12. The van der Waals surface area contributed by atoms with Crippen molar-refractivity contribution in [3.8, 4) is 0 Å². The molecule has 1 N–H and O–H groups in total. The fourth-order valence-electron chi connectivity index (χ4n) is 2.63. The van der Waals surface area contributed by atoms with Crippen LogP contribution in [0.2, 0.25) is 0 Å². The number of pyridine rings is 1. The van der Waals surface area contributed by atoms with E-state index in [4.69, 9.17) is 0 Å². The van der Waals surface area contributed by atoms with Gasteiger partial charge in [-0.2, -0.15) is 11.8 Å². The van der Waals surface area contributed by atoms with E-state index in [1.807, 2.05) is 30.1 Å². The first-order chi connectivity index (χ1) is 9.31. The number of thioether (sulfide) groups is 1. The zero-order valence-electron chi connectivity index (χ0n) is 11.0. The molecule has 1 fully saturated rings. The summed E-state index contributed by atoms with van der Waals surface area (Å²) in [6.45, 7) is 3.34. The van der Waals surface area contributed by atoms with Crippen LogP contribution >= 0.6 is 11.8 Å². The molecular formula is C15H18N2OS. The van der Waals surface area contributed by atoms with Gasteiger partial charge in [-0.15, -0.1) is 0 Å². The Morgan fingerprint density at radius 2 is 2.16 bits per heavy atom. The molecule has 1 unspecified atom stereocenters. The van der Waals surface area contributed by atoms with Gasteiger partial charge in [-0.1, -0.05) is 24.3 Å². The summed E-state index contributed by atoms with van der Waals surface area (Å²) < 4.78 is 0. The minimum Gasteiger partial charge on any atom is -0.392 e. The molecular weight excluding hydrogens is 256 g/mol. The molecule has 0 radical (unpaired) electrons. The van der Waals surface area contributed by atoms with Crippen molar-refractivity contribution in [3.05, 3.63) is 36.0 Å². The molecule has 0 aliphatic carbocycles. The van der Waals surface area contributed by atoms with Crippen LogP contribution in [-0.4, -0.2) is 34.2 Å². The lowest BCUT2D eigenvalue weighted by Gasteiger charge is -2.34. The van der Waals surface area contributed by atoms with Crippen molar-refractivity contribution >= 4 is 28.4 Å². The lowest BCUT2D eigenvalue weighted by Crippen LogP contribution is -2.41. The van der Waals surface area contributed by atoms with Gasteiger partial charge in [0.15, 0.2) is 0 Å². The third kappa shape index (κ3) is 2.30. The lowest BCUT2D eigenvalue weighted by atomic mass is 10.1. The molecule has 1 atom stereocenters. The fraction of sp³-hybridized carbons (Fsp3) is 0.400. The van der Waals surface area contributed by atoms with Crippen LogP contribution in [0.15, 0.2) is 30.5 Å². The Morgan fingerprint density at radius 3 is 2.89 bits per heavy atom. The first-order valence-corrected chi connectivity index (χ1v) is 7.78. The van der Waals surface area contributed by atoms with Crippen LogP contribution in [0.4, 0.5) is 5.82 Å². The molecule has 0 saturated carbocycles. The van der Waals surface area contributed by atoms with Gasteiger partial charge in [0.25, 0.3) is 0 Å². The van der Waals surface area contributed by atoms with E-state index < -0.39 is 0 Å². The Balaban J connectivity index is 2.13. The quantitative estimate of drug-likeness (QED) is 0.913. The number of fused-ring (bicyclic) bond motifs is 1. The Kier molecular flexibility index (Phi) is 3.62. The van der Waals surface area contributed by atoms with Gasteiger partial charge in [0.2, 0.25) is 0 Å². The van der Waals surface area contributed by atoms with E-state index in [-0.39, 0.29) is 6.61 Å². The molecule has 3 nitrogen and oxygen atoms in total. The summed E-state index contributed by atoms with van der Waals surface area (Å²) in [6.07, 6.45) is 1.81. The number of aromatic nitrogens is 1. The molecule has 2 aromatic rings. The van der Waals surface area contributed by atoms with Crippen molar-refractivity contribution in [1.82, 2.24) is 4.98 Å². The number of benzene rings is 1. The molecule has 1 aliphatic rings. The summed E-state index contributed by atoms with van der Waals surface area (Å²) >= 11 is 2.01. The fourth-order valence-corrected chi connectivity index (χ4v) is 3.65. The zero-order chi connectivity index (χ0) is 13.2. The summed E-state index contributed by atoms with van der Waals surface area (Å²) in [6, 6.07) is 8.73. The van der Waals surface area contributed by atoms with Crippen LogP contribution in [0.1, 0.15) is 12.5 Å². The monoisotopic (exact) mass is 274 g/mol. The van der Waals surface area contributed by atoms with Crippen LogP contribution in [0.25, 0.3) is 10.8 Å². The molecule has 0 bridgehead atoms. The van der Waals surface area contributed by atoms with Crippen molar-refractivity contribution in [3.63, 3.8) is 0 Å². The van der Waals surface area contributed by atoms with Gasteiger partial charge < -0.3 is 10.0 Å². The smallest absolute Gasteiger partial charge is 0.136 e. The van der Waals surface area contributed by atoms with Gasteiger partial charge in [-0.25, -0.2) is 4.98 Å². The largest absolute Gasteiger partial charge is 0.392 e. The van der Waals surface area contributed by atoms with Crippen LogP contribution in [-0.2, 0) is 6.61 Å². The van der Waals surface area contributed by atoms with Crippen molar-refractivity contribution in [2.75, 3.05) is 23.0 Å². The highest BCUT2D eigenvalue weighted by Gasteiger charge is 2.22. The van der Waals surface area contributed by atoms with Crippen molar-refractivity contribution < 1.29 is 5.11 Å². The first kappa shape index (κ1) is 12.8. The topological polar surface area (TPSA) is 36.4 Å². The molecule has 1 saturated heterocycles. The minimum atomic E-state index is 0.0409. The highest BCUT2D eigenvalue weighted by molar-refractivity contribution is 7.99. The molecule has 100 valence electrons. The van der Waals surface area contributed by atoms with E-state index in [0.717, 1.165) is 40.2 Å². The number of anilines is 1. The molecule has 1 aromatic heterocycles. The van der Waals surface area contributed by atoms with Crippen molar-refractivity contribution in [2.24, 2.45) is 0 Å². The summed E-state index contributed by atoms with van der Waals surface area (Å²) in [4.78, 5) is 7.00. The van der Waals surface area contributed by atoms with Gasteiger partial charge in [-0.05, 0) is 12.3 Å². The normalized spacial score (nSPS) is 19.9. The predicted octanol–water partition coefficient (Wildman–Crippen LogP) is 2.67. The van der Waals surface area contributed by atoms with E-state index in [9.17, 15) is 5.11 Å². The second-order valence-electron chi connectivity index (χ2n) is 4.93. The lowest BCUT2D eigenvalue weighted by molar-refractivity contribution is 0.283.